The normalized spacial score (nSPS) is 34.4. The highest BCUT2D eigenvalue weighted by Crippen LogP contribution is 2.49. The number of furan rings is 1. The van der Waals surface area contributed by atoms with Gasteiger partial charge in [0.2, 0.25) is 5.91 Å². The Morgan fingerprint density at radius 3 is 2.62 bits per heavy atom. The molecule has 4 rings (SSSR count). The predicted molar refractivity (Wildman–Crippen MR) is 79.3 cm³/mol. The van der Waals surface area contributed by atoms with Crippen LogP contribution in [0.25, 0.3) is 0 Å². The maximum absolute atomic E-state index is 13.0. The summed E-state index contributed by atoms with van der Waals surface area (Å²) in [5.41, 5.74) is 6.35. The van der Waals surface area contributed by atoms with Crippen LogP contribution < -0.4 is 5.73 Å². The van der Waals surface area contributed by atoms with Gasteiger partial charge in [0, 0.05) is 12.1 Å². The number of nitrogens with zero attached hydrogens (tertiary/aromatic N) is 1. The monoisotopic (exact) mass is 288 g/mol. The lowest BCUT2D eigenvalue weighted by Gasteiger charge is -2.32. The minimum Gasteiger partial charge on any atom is -0.464 e. The first-order valence-corrected chi connectivity index (χ1v) is 8.25. The average Bonchev–Trinajstić information content (AvgIpc) is 2.91. The molecule has 3 aliphatic carbocycles. The van der Waals surface area contributed by atoms with E-state index in [0.717, 1.165) is 30.8 Å². The van der Waals surface area contributed by atoms with Gasteiger partial charge in [-0.1, -0.05) is 0 Å². The molecule has 0 aliphatic heterocycles. The van der Waals surface area contributed by atoms with Gasteiger partial charge in [-0.15, -0.1) is 0 Å². The Morgan fingerprint density at radius 1 is 1.29 bits per heavy atom. The molecule has 2 N–H and O–H groups in total. The maximum atomic E-state index is 13.0. The van der Waals surface area contributed by atoms with Crippen molar-refractivity contribution < 1.29 is 9.21 Å². The van der Waals surface area contributed by atoms with E-state index in [9.17, 15) is 4.79 Å². The van der Waals surface area contributed by atoms with E-state index in [1.54, 1.807) is 0 Å². The third-order valence-electron chi connectivity index (χ3n) is 5.66. The minimum atomic E-state index is 0.0559. The zero-order chi connectivity index (χ0) is 14.6. The molecular weight excluding hydrogens is 264 g/mol. The molecule has 114 valence electrons. The minimum absolute atomic E-state index is 0.0559. The predicted octanol–water partition coefficient (Wildman–Crippen LogP) is 2.45. The summed E-state index contributed by atoms with van der Waals surface area (Å²) in [5, 5.41) is 0. The Kier molecular flexibility index (Phi) is 3.10. The molecule has 3 aliphatic rings. The maximum Gasteiger partial charge on any atom is 0.228 e. The summed E-state index contributed by atoms with van der Waals surface area (Å²) in [4.78, 5) is 15.1. The molecule has 4 heteroatoms. The van der Waals surface area contributed by atoms with Crippen LogP contribution in [0.4, 0.5) is 0 Å². The van der Waals surface area contributed by atoms with Crippen LogP contribution in [0.1, 0.15) is 43.6 Å². The lowest BCUT2D eigenvalue weighted by atomic mass is 9.84. The Bertz CT molecular complexity index is 547. The SMILES string of the molecule is Cc1ccc(CN(C(=O)C2C3CCC(C3)C2N)C2CC2)o1. The second-order valence-corrected chi connectivity index (χ2v) is 7.15. The fourth-order valence-electron chi connectivity index (χ4n) is 4.40. The van der Waals surface area contributed by atoms with Crippen molar-refractivity contribution in [3.05, 3.63) is 23.7 Å². The number of rotatable bonds is 4. The second kappa shape index (κ2) is 4.87. The van der Waals surface area contributed by atoms with E-state index in [4.69, 9.17) is 10.2 Å². The molecule has 21 heavy (non-hydrogen) atoms. The molecule has 1 heterocycles. The van der Waals surface area contributed by atoms with Gasteiger partial charge in [0.05, 0.1) is 12.5 Å². The highest BCUT2D eigenvalue weighted by molar-refractivity contribution is 5.81. The summed E-state index contributed by atoms with van der Waals surface area (Å²) in [6, 6.07) is 4.44. The Hall–Kier alpha value is -1.29. The van der Waals surface area contributed by atoms with Crippen LogP contribution in [0, 0.1) is 24.7 Å². The van der Waals surface area contributed by atoms with E-state index >= 15 is 0 Å². The Labute approximate surface area is 125 Å². The van der Waals surface area contributed by atoms with Crippen molar-refractivity contribution >= 4 is 5.91 Å². The van der Waals surface area contributed by atoms with E-state index < -0.39 is 0 Å². The van der Waals surface area contributed by atoms with Crippen LogP contribution in [0.3, 0.4) is 0 Å². The van der Waals surface area contributed by atoms with Crippen molar-refractivity contribution in [3.63, 3.8) is 0 Å². The standard InChI is InChI=1S/C17H24N2O2/c1-10-2-7-14(21-10)9-19(13-5-6-13)17(20)15-11-3-4-12(8-11)16(15)18/h2,7,11-13,15-16H,3-6,8-9,18H2,1H3. The second-order valence-electron chi connectivity index (χ2n) is 7.15. The number of fused-ring (bicyclic) bond motifs is 2. The molecule has 4 unspecified atom stereocenters. The molecule has 0 aromatic carbocycles. The molecule has 4 atom stereocenters. The number of hydrogen-bond acceptors (Lipinski definition) is 3. The van der Waals surface area contributed by atoms with Gasteiger partial charge in [-0.25, -0.2) is 0 Å². The lowest BCUT2D eigenvalue weighted by molar-refractivity contribution is -0.139. The topological polar surface area (TPSA) is 59.5 Å². The van der Waals surface area contributed by atoms with Crippen LogP contribution in [-0.2, 0) is 11.3 Å². The van der Waals surface area contributed by atoms with Crippen LogP contribution in [0.2, 0.25) is 0 Å². The van der Waals surface area contributed by atoms with Crippen molar-refractivity contribution in [2.75, 3.05) is 0 Å². The summed E-state index contributed by atoms with van der Waals surface area (Å²) in [6.07, 6.45) is 5.82. The van der Waals surface area contributed by atoms with Crippen molar-refractivity contribution in [2.45, 2.75) is 57.7 Å². The zero-order valence-corrected chi connectivity index (χ0v) is 12.6. The van der Waals surface area contributed by atoms with E-state index in [-0.39, 0.29) is 17.9 Å². The highest BCUT2D eigenvalue weighted by Gasteiger charge is 2.51. The first kappa shape index (κ1) is 13.4. The van der Waals surface area contributed by atoms with Gasteiger partial charge >= 0.3 is 0 Å². The molecule has 0 saturated heterocycles. The van der Waals surface area contributed by atoms with E-state index in [1.165, 1.54) is 12.8 Å². The van der Waals surface area contributed by atoms with Crippen molar-refractivity contribution in [1.29, 1.82) is 0 Å². The van der Waals surface area contributed by atoms with Crippen molar-refractivity contribution in [2.24, 2.45) is 23.5 Å². The van der Waals surface area contributed by atoms with E-state index in [1.807, 2.05) is 24.0 Å². The smallest absolute Gasteiger partial charge is 0.228 e. The third-order valence-corrected chi connectivity index (χ3v) is 5.66. The summed E-state index contributed by atoms with van der Waals surface area (Å²) < 4.78 is 5.67. The van der Waals surface area contributed by atoms with Crippen LogP contribution >= 0.6 is 0 Å². The first-order chi connectivity index (χ1) is 10.1. The van der Waals surface area contributed by atoms with E-state index in [2.05, 4.69) is 0 Å². The fourth-order valence-corrected chi connectivity index (χ4v) is 4.40. The van der Waals surface area contributed by atoms with Crippen LogP contribution in [-0.4, -0.2) is 22.9 Å². The van der Waals surface area contributed by atoms with E-state index in [0.29, 0.717) is 24.4 Å². The summed E-state index contributed by atoms with van der Waals surface area (Å²) in [5.74, 6) is 3.24. The number of nitrogens with two attached hydrogens (primary N) is 1. The number of carbonyl (C=O) groups is 1. The van der Waals surface area contributed by atoms with Gasteiger partial charge in [0.15, 0.2) is 0 Å². The number of hydrogen-bond donors (Lipinski definition) is 1. The summed E-state index contributed by atoms with van der Waals surface area (Å²) in [6.45, 7) is 2.55. The molecule has 3 fully saturated rings. The average molecular weight is 288 g/mol. The number of amides is 1. The summed E-state index contributed by atoms with van der Waals surface area (Å²) >= 11 is 0. The molecule has 1 amide bonds. The summed E-state index contributed by atoms with van der Waals surface area (Å²) in [7, 11) is 0. The Balaban J connectivity index is 1.52. The number of carbonyl (C=O) groups excluding carboxylic acids is 1. The lowest BCUT2D eigenvalue weighted by Crippen LogP contribution is -2.47. The van der Waals surface area contributed by atoms with Crippen LogP contribution in [0.5, 0.6) is 0 Å². The molecule has 0 spiro atoms. The largest absolute Gasteiger partial charge is 0.464 e. The van der Waals surface area contributed by atoms with Crippen molar-refractivity contribution in [3.8, 4) is 0 Å². The van der Waals surface area contributed by atoms with Gasteiger partial charge in [0.1, 0.15) is 11.5 Å². The molecule has 4 nitrogen and oxygen atoms in total. The Morgan fingerprint density at radius 2 is 2.05 bits per heavy atom. The van der Waals surface area contributed by atoms with Gasteiger partial charge < -0.3 is 15.1 Å². The van der Waals surface area contributed by atoms with Crippen molar-refractivity contribution in [1.82, 2.24) is 4.90 Å². The quantitative estimate of drug-likeness (QED) is 0.925. The molecule has 2 bridgehead atoms. The zero-order valence-electron chi connectivity index (χ0n) is 12.6. The fraction of sp³-hybridized carbons (Fsp3) is 0.706. The molecule has 0 radical (unpaired) electrons. The molecule has 1 aromatic rings. The van der Waals surface area contributed by atoms with Crippen LogP contribution in [0.15, 0.2) is 16.5 Å². The molecule has 3 saturated carbocycles. The van der Waals surface area contributed by atoms with Gasteiger partial charge in [-0.05, 0) is 63.0 Å². The van der Waals surface area contributed by atoms with Gasteiger partial charge in [0.25, 0.3) is 0 Å². The van der Waals surface area contributed by atoms with Gasteiger partial charge in [-0.3, -0.25) is 4.79 Å². The number of aryl methyl sites for hydroxylation is 1. The highest BCUT2D eigenvalue weighted by atomic mass is 16.3. The molecule has 1 aromatic heterocycles. The van der Waals surface area contributed by atoms with Gasteiger partial charge in [-0.2, -0.15) is 0 Å². The first-order valence-electron chi connectivity index (χ1n) is 8.25. The molecular formula is C17H24N2O2. The third kappa shape index (κ3) is 2.30.